The Morgan fingerprint density at radius 1 is 1.00 bits per heavy atom. The average Bonchev–Trinajstić information content (AvgIpc) is 2.24. The monoisotopic (exact) mass is 244 g/mol. The summed E-state index contributed by atoms with van der Waals surface area (Å²) in [6.45, 7) is 8.72. The molecule has 0 N–H and O–H groups in total. The Morgan fingerprint density at radius 3 is 2.00 bits per heavy atom. The van der Waals surface area contributed by atoms with Gasteiger partial charge in [-0.15, -0.1) is 0 Å². The third kappa shape index (κ3) is 9.85. The van der Waals surface area contributed by atoms with Gasteiger partial charge in [0, 0.05) is 0 Å². The molecule has 0 bridgehead atoms. The lowest BCUT2D eigenvalue weighted by atomic mass is 10.1. The number of rotatable bonds is 8. The molecule has 0 spiro atoms. The van der Waals surface area contributed by atoms with E-state index >= 15 is 0 Å². The van der Waals surface area contributed by atoms with Crippen molar-refractivity contribution in [2.45, 2.75) is 47.0 Å². The Morgan fingerprint density at radius 2 is 1.53 bits per heavy atom. The van der Waals surface area contributed by atoms with Crippen molar-refractivity contribution in [2.24, 2.45) is 11.8 Å². The van der Waals surface area contributed by atoms with Crippen molar-refractivity contribution in [3.8, 4) is 0 Å². The highest BCUT2D eigenvalue weighted by Gasteiger charge is 2.13. The molecule has 0 amide bonds. The summed E-state index contributed by atoms with van der Waals surface area (Å²) in [4.78, 5) is 22.5. The predicted molar refractivity (Wildman–Crippen MR) is 65.4 cm³/mol. The quantitative estimate of drug-likeness (QED) is 0.486. The van der Waals surface area contributed by atoms with Crippen LogP contribution in [0.4, 0.5) is 0 Å². The highest BCUT2D eigenvalue weighted by atomic mass is 16.6. The molecule has 0 saturated carbocycles. The fourth-order valence-corrected chi connectivity index (χ4v) is 1.29. The summed E-state index contributed by atoms with van der Waals surface area (Å²) in [6.07, 6.45) is 1.80. The standard InChI is InChI=1S/C13H24O4/c1-5-6-11(4)9-17-13(15)7-12(14)16-8-10(2)3/h10-11H,5-9H2,1-4H3. The van der Waals surface area contributed by atoms with Gasteiger partial charge in [-0.25, -0.2) is 0 Å². The highest BCUT2D eigenvalue weighted by molar-refractivity contribution is 5.91. The number of esters is 2. The largest absolute Gasteiger partial charge is 0.465 e. The molecule has 1 atom stereocenters. The first kappa shape index (κ1) is 15.9. The van der Waals surface area contributed by atoms with Crippen molar-refractivity contribution in [3.63, 3.8) is 0 Å². The van der Waals surface area contributed by atoms with E-state index in [0.717, 1.165) is 12.8 Å². The molecule has 0 aliphatic heterocycles. The molecule has 100 valence electrons. The third-order valence-corrected chi connectivity index (χ3v) is 2.18. The second-order valence-corrected chi connectivity index (χ2v) is 4.83. The first-order chi connectivity index (χ1) is 7.95. The van der Waals surface area contributed by atoms with E-state index in [1.165, 1.54) is 0 Å². The van der Waals surface area contributed by atoms with Gasteiger partial charge >= 0.3 is 11.9 Å². The van der Waals surface area contributed by atoms with Crippen molar-refractivity contribution in [3.05, 3.63) is 0 Å². The zero-order valence-corrected chi connectivity index (χ0v) is 11.3. The minimum absolute atomic E-state index is 0.277. The van der Waals surface area contributed by atoms with Crippen LogP contribution in [-0.4, -0.2) is 25.2 Å². The van der Waals surface area contributed by atoms with Crippen LogP contribution in [0.25, 0.3) is 0 Å². The molecule has 4 nitrogen and oxygen atoms in total. The lowest BCUT2D eigenvalue weighted by molar-refractivity contribution is -0.155. The molecule has 0 aliphatic carbocycles. The minimum Gasteiger partial charge on any atom is -0.465 e. The molecule has 0 aliphatic rings. The van der Waals surface area contributed by atoms with Gasteiger partial charge in [0.05, 0.1) is 13.2 Å². The van der Waals surface area contributed by atoms with E-state index < -0.39 is 11.9 Å². The van der Waals surface area contributed by atoms with Gasteiger partial charge in [0.2, 0.25) is 0 Å². The van der Waals surface area contributed by atoms with Crippen LogP contribution in [0.2, 0.25) is 0 Å². The molecule has 0 aromatic carbocycles. The summed E-state index contributed by atoms with van der Waals surface area (Å²) < 4.78 is 9.88. The topological polar surface area (TPSA) is 52.6 Å². The van der Waals surface area contributed by atoms with E-state index in [1.807, 2.05) is 20.8 Å². The zero-order chi connectivity index (χ0) is 13.3. The smallest absolute Gasteiger partial charge is 0.317 e. The van der Waals surface area contributed by atoms with E-state index in [9.17, 15) is 9.59 Å². The Balaban J connectivity index is 3.67. The number of ether oxygens (including phenoxy) is 2. The second-order valence-electron chi connectivity index (χ2n) is 4.83. The van der Waals surface area contributed by atoms with Crippen LogP contribution in [0.1, 0.15) is 47.0 Å². The Hall–Kier alpha value is -1.06. The van der Waals surface area contributed by atoms with Gasteiger partial charge < -0.3 is 9.47 Å². The summed E-state index contributed by atoms with van der Waals surface area (Å²) in [5.41, 5.74) is 0. The number of carbonyl (C=O) groups excluding carboxylic acids is 2. The first-order valence-corrected chi connectivity index (χ1v) is 6.26. The molecule has 0 aromatic heterocycles. The normalized spacial score (nSPS) is 12.3. The van der Waals surface area contributed by atoms with Crippen molar-refractivity contribution in [1.29, 1.82) is 0 Å². The number of hydrogen-bond donors (Lipinski definition) is 0. The fraction of sp³-hybridized carbons (Fsp3) is 0.846. The molecule has 0 heterocycles. The number of carbonyl (C=O) groups is 2. The summed E-state index contributed by atoms with van der Waals surface area (Å²) >= 11 is 0. The van der Waals surface area contributed by atoms with E-state index in [0.29, 0.717) is 19.1 Å². The molecule has 0 radical (unpaired) electrons. The lowest BCUT2D eigenvalue weighted by Crippen LogP contribution is -2.18. The van der Waals surface area contributed by atoms with Gasteiger partial charge in [-0.2, -0.15) is 0 Å². The van der Waals surface area contributed by atoms with Gasteiger partial charge in [-0.05, 0) is 18.3 Å². The maximum atomic E-state index is 11.3. The third-order valence-electron chi connectivity index (χ3n) is 2.18. The summed E-state index contributed by atoms with van der Waals surface area (Å²) in [5.74, 6) is -0.385. The van der Waals surface area contributed by atoms with Crippen LogP contribution in [-0.2, 0) is 19.1 Å². The van der Waals surface area contributed by atoms with Crippen LogP contribution < -0.4 is 0 Å². The van der Waals surface area contributed by atoms with Crippen molar-refractivity contribution in [2.75, 3.05) is 13.2 Å². The van der Waals surface area contributed by atoms with Crippen molar-refractivity contribution in [1.82, 2.24) is 0 Å². The average molecular weight is 244 g/mol. The van der Waals surface area contributed by atoms with Crippen LogP contribution in [0.15, 0.2) is 0 Å². The Labute approximate surface area is 104 Å². The first-order valence-electron chi connectivity index (χ1n) is 6.26. The molecule has 0 rings (SSSR count). The minimum atomic E-state index is -0.508. The summed E-state index contributed by atoms with van der Waals surface area (Å²) in [7, 11) is 0. The molecular formula is C13H24O4. The molecule has 1 unspecified atom stereocenters. The molecular weight excluding hydrogens is 220 g/mol. The van der Waals surface area contributed by atoms with Gasteiger partial charge in [0.1, 0.15) is 6.42 Å². The van der Waals surface area contributed by atoms with Gasteiger partial charge in [-0.3, -0.25) is 9.59 Å². The highest BCUT2D eigenvalue weighted by Crippen LogP contribution is 2.06. The van der Waals surface area contributed by atoms with Gasteiger partial charge in [-0.1, -0.05) is 34.1 Å². The Bertz CT molecular complexity index is 236. The van der Waals surface area contributed by atoms with E-state index in [4.69, 9.17) is 9.47 Å². The predicted octanol–water partition coefficient (Wildman–Crippen LogP) is 2.56. The van der Waals surface area contributed by atoms with Crippen LogP contribution in [0.5, 0.6) is 0 Å². The molecule has 0 saturated heterocycles. The zero-order valence-electron chi connectivity index (χ0n) is 11.3. The van der Waals surface area contributed by atoms with Crippen LogP contribution >= 0.6 is 0 Å². The number of hydrogen-bond acceptors (Lipinski definition) is 4. The fourth-order valence-electron chi connectivity index (χ4n) is 1.29. The maximum absolute atomic E-state index is 11.3. The Kier molecular flexibility index (Phi) is 8.46. The molecule has 0 aromatic rings. The second kappa shape index (κ2) is 9.02. The van der Waals surface area contributed by atoms with Gasteiger partial charge in [0.15, 0.2) is 0 Å². The van der Waals surface area contributed by atoms with Crippen molar-refractivity contribution < 1.29 is 19.1 Å². The van der Waals surface area contributed by atoms with Crippen LogP contribution in [0, 0.1) is 11.8 Å². The van der Waals surface area contributed by atoms with Gasteiger partial charge in [0.25, 0.3) is 0 Å². The summed E-state index contributed by atoms with van der Waals surface area (Å²) in [6, 6.07) is 0. The molecule has 4 heteroatoms. The van der Waals surface area contributed by atoms with E-state index in [1.54, 1.807) is 0 Å². The van der Waals surface area contributed by atoms with Crippen LogP contribution in [0.3, 0.4) is 0 Å². The summed E-state index contributed by atoms with van der Waals surface area (Å²) in [5, 5.41) is 0. The SMILES string of the molecule is CCCC(C)COC(=O)CC(=O)OCC(C)C. The lowest BCUT2D eigenvalue weighted by Gasteiger charge is -2.11. The molecule has 0 fully saturated rings. The van der Waals surface area contributed by atoms with E-state index in [2.05, 4.69) is 6.92 Å². The maximum Gasteiger partial charge on any atom is 0.317 e. The van der Waals surface area contributed by atoms with E-state index in [-0.39, 0.29) is 12.3 Å². The molecule has 17 heavy (non-hydrogen) atoms. The van der Waals surface area contributed by atoms with Crippen molar-refractivity contribution >= 4 is 11.9 Å².